The standard InChI is InChI=1S/C30H40N2O9/c1-5-12-32(41-13-6-2)27(33)18-31-17-21(20-15-25(37-4)29-26(16-20)39-19-40-29)28(30(34)35)22(31)11-14-38-24-10-8-7-9-23(24)36-3/h7-10,15-16,21-22,28H,5-6,11-14,17-19H2,1-4H3,(H,34,35). The number of methoxy groups -OCH3 is 2. The van der Waals surface area contributed by atoms with Crippen molar-refractivity contribution in [2.45, 2.75) is 45.1 Å². The molecule has 2 heterocycles. The molecule has 1 N–H and O–H groups in total. The SMILES string of the molecule is CCCON(CCC)C(=O)CN1CC(c2cc(OC)c3c(c2)OCO3)C(C(=O)O)C1CCOc1ccccc1OC. The van der Waals surface area contributed by atoms with E-state index >= 15 is 0 Å². The van der Waals surface area contributed by atoms with Gasteiger partial charge in [-0.1, -0.05) is 26.0 Å². The van der Waals surface area contributed by atoms with E-state index in [1.165, 1.54) is 12.2 Å². The topological polar surface area (TPSA) is 116 Å². The Morgan fingerprint density at radius 2 is 1.78 bits per heavy atom. The fourth-order valence-corrected chi connectivity index (χ4v) is 5.50. The highest BCUT2D eigenvalue weighted by Gasteiger charge is 2.47. The molecule has 2 aliphatic heterocycles. The summed E-state index contributed by atoms with van der Waals surface area (Å²) in [6, 6.07) is 10.4. The summed E-state index contributed by atoms with van der Waals surface area (Å²) >= 11 is 0. The average Bonchev–Trinajstić information content (AvgIpc) is 3.60. The van der Waals surface area contributed by atoms with E-state index in [2.05, 4.69) is 0 Å². The van der Waals surface area contributed by atoms with Crippen molar-refractivity contribution in [3.05, 3.63) is 42.0 Å². The number of nitrogens with zero attached hydrogens (tertiary/aromatic N) is 2. The van der Waals surface area contributed by atoms with Crippen LogP contribution >= 0.6 is 0 Å². The molecule has 0 bridgehead atoms. The first kappa shape index (κ1) is 30.3. The van der Waals surface area contributed by atoms with E-state index in [0.717, 1.165) is 18.4 Å². The van der Waals surface area contributed by atoms with Gasteiger partial charge in [0.05, 0.1) is 39.9 Å². The lowest BCUT2D eigenvalue weighted by atomic mass is 9.84. The number of amides is 1. The molecule has 11 nitrogen and oxygen atoms in total. The van der Waals surface area contributed by atoms with Gasteiger partial charge in [-0.15, -0.1) is 0 Å². The minimum absolute atomic E-state index is 0.0189. The van der Waals surface area contributed by atoms with Crippen molar-refractivity contribution < 1.29 is 43.2 Å². The molecule has 1 amide bonds. The Morgan fingerprint density at radius 3 is 2.46 bits per heavy atom. The molecule has 2 aromatic rings. The molecule has 3 unspecified atom stereocenters. The van der Waals surface area contributed by atoms with Crippen LogP contribution in [0.5, 0.6) is 28.7 Å². The molecule has 4 rings (SSSR count). The summed E-state index contributed by atoms with van der Waals surface area (Å²) in [6.07, 6.45) is 1.89. The van der Waals surface area contributed by atoms with Crippen LogP contribution in [-0.2, 0) is 14.4 Å². The second kappa shape index (κ2) is 14.3. The van der Waals surface area contributed by atoms with Gasteiger partial charge in [-0.3, -0.25) is 19.3 Å². The number of hydroxylamine groups is 2. The number of carboxylic acids is 1. The summed E-state index contributed by atoms with van der Waals surface area (Å²) in [5, 5.41) is 11.9. The number of aliphatic carboxylic acids is 1. The second-order valence-electron chi connectivity index (χ2n) is 10.0. The maximum absolute atomic E-state index is 13.4. The zero-order valence-corrected chi connectivity index (χ0v) is 24.2. The van der Waals surface area contributed by atoms with E-state index in [4.69, 9.17) is 28.5 Å². The summed E-state index contributed by atoms with van der Waals surface area (Å²) in [6.45, 7) is 5.52. The Morgan fingerprint density at radius 1 is 1.02 bits per heavy atom. The van der Waals surface area contributed by atoms with Crippen molar-refractivity contribution in [2.24, 2.45) is 5.92 Å². The molecule has 3 atom stereocenters. The van der Waals surface area contributed by atoms with Crippen LogP contribution in [0.3, 0.4) is 0 Å². The summed E-state index contributed by atoms with van der Waals surface area (Å²) in [5.74, 6) is 0.249. The Balaban J connectivity index is 1.62. The maximum atomic E-state index is 13.4. The van der Waals surface area contributed by atoms with Gasteiger partial charge in [-0.25, -0.2) is 5.06 Å². The molecule has 1 fully saturated rings. The summed E-state index contributed by atoms with van der Waals surface area (Å²) in [5.41, 5.74) is 0.747. The largest absolute Gasteiger partial charge is 0.493 e. The number of hydrogen-bond acceptors (Lipinski definition) is 9. The van der Waals surface area contributed by atoms with Crippen LogP contribution < -0.4 is 23.7 Å². The summed E-state index contributed by atoms with van der Waals surface area (Å²) in [7, 11) is 3.10. The molecular weight excluding hydrogens is 532 g/mol. The Bertz CT molecular complexity index is 1190. The first-order chi connectivity index (χ1) is 19.9. The number of benzene rings is 2. The third kappa shape index (κ3) is 6.97. The average molecular weight is 573 g/mol. The van der Waals surface area contributed by atoms with Crippen molar-refractivity contribution in [1.82, 2.24) is 9.96 Å². The minimum atomic E-state index is -0.948. The smallest absolute Gasteiger partial charge is 0.308 e. The lowest BCUT2D eigenvalue weighted by Crippen LogP contribution is -2.45. The lowest BCUT2D eigenvalue weighted by molar-refractivity contribution is -0.188. The fraction of sp³-hybridized carbons (Fsp3) is 0.533. The van der Waals surface area contributed by atoms with Crippen LogP contribution in [0.4, 0.5) is 0 Å². The number of rotatable bonds is 15. The van der Waals surface area contributed by atoms with Crippen molar-refractivity contribution in [1.29, 1.82) is 0 Å². The number of carbonyl (C=O) groups is 2. The first-order valence-corrected chi connectivity index (χ1v) is 14.0. The van der Waals surface area contributed by atoms with Gasteiger partial charge in [-0.2, -0.15) is 0 Å². The van der Waals surface area contributed by atoms with E-state index in [-0.39, 0.29) is 25.9 Å². The number of para-hydroxylation sites is 2. The highest BCUT2D eigenvalue weighted by atomic mass is 16.7. The van der Waals surface area contributed by atoms with Crippen molar-refractivity contribution in [3.8, 4) is 28.7 Å². The Hall–Kier alpha value is -3.70. The maximum Gasteiger partial charge on any atom is 0.308 e. The molecule has 41 heavy (non-hydrogen) atoms. The summed E-state index contributed by atoms with van der Waals surface area (Å²) in [4.78, 5) is 33.9. The number of likely N-dealkylation sites (tertiary alicyclic amines) is 1. The van der Waals surface area contributed by atoms with Gasteiger partial charge in [0, 0.05) is 25.0 Å². The molecule has 0 aromatic heterocycles. The normalized spacial score (nSPS) is 19.7. The molecule has 1 saturated heterocycles. The number of ether oxygens (including phenoxy) is 5. The fourth-order valence-electron chi connectivity index (χ4n) is 5.50. The predicted molar refractivity (Wildman–Crippen MR) is 150 cm³/mol. The van der Waals surface area contributed by atoms with Crippen LogP contribution in [0.2, 0.25) is 0 Å². The van der Waals surface area contributed by atoms with E-state index in [0.29, 0.717) is 54.9 Å². The molecule has 2 aliphatic rings. The third-order valence-electron chi connectivity index (χ3n) is 7.38. The second-order valence-corrected chi connectivity index (χ2v) is 10.0. The van der Waals surface area contributed by atoms with Gasteiger partial charge >= 0.3 is 5.97 Å². The van der Waals surface area contributed by atoms with Gasteiger partial charge in [-0.05, 0) is 49.1 Å². The van der Waals surface area contributed by atoms with Crippen LogP contribution in [-0.4, -0.2) is 86.8 Å². The zero-order chi connectivity index (χ0) is 29.4. The Kier molecular flexibility index (Phi) is 10.5. The molecule has 0 aliphatic carbocycles. The van der Waals surface area contributed by atoms with Crippen molar-refractivity contribution >= 4 is 11.9 Å². The molecule has 11 heteroatoms. The quantitative estimate of drug-likeness (QED) is 0.315. The van der Waals surface area contributed by atoms with Gasteiger partial charge in [0.25, 0.3) is 5.91 Å². The molecule has 224 valence electrons. The van der Waals surface area contributed by atoms with E-state index in [9.17, 15) is 14.7 Å². The van der Waals surface area contributed by atoms with Crippen LogP contribution in [0.25, 0.3) is 0 Å². The van der Waals surface area contributed by atoms with E-state index in [1.54, 1.807) is 25.3 Å². The van der Waals surface area contributed by atoms with Gasteiger partial charge in [0.15, 0.2) is 23.0 Å². The minimum Gasteiger partial charge on any atom is -0.493 e. The van der Waals surface area contributed by atoms with Crippen molar-refractivity contribution in [2.75, 3.05) is 53.9 Å². The first-order valence-electron chi connectivity index (χ1n) is 14.0. The van der Waals surface area contributed by atoms with Gasteiger partial charge in [0.2, 0.25) is 12.5 Å². The highest BCUT2D eigenvalue weighted by Crippen LogP contribution is 2.47. The number of carboxylic acid groups (broad SMARTS) is 1. The highest BCUT2D eigenvalue weighted by molar-refractivity contribution is 5.78. The molecule has 2 aromatic carbocycles. The van der Waals surface area contributed by atoms with Gasteiger partial charge < -0.3 is 28.8 Å². The van der Waals surface area contributed by atoms with Gasteiger partial charge in [0.1, 0.15) is 0 Å². The number of fused-ring (bicyclic) bond motifs is 1. The molecular formula is C30H40N2O9. The monoisotopic (exact) mass is 572 g/mol. The third-order valence-corrected chi connectivity index (χ3v) is 7.38. The predicted octanol–water partition coefficient (Wildman–Crippen LogP) is 3.95. The summed E-state index contributed by atoms with van der Waals surface area (Å²) < 4.78 is 28.1. The van der Waals surface area contributed by atoms with Crippen LogP contribution in [0.15, 0.2) is 36.4 Å². The van der Waals surface area contributed by atoms with E-state index < -0.39 is 23.8 Å². The van der Waals surface area contributed by atoms with E-state index in [1.807, 2.05) is 36.9 Å². The van der Waals surface area contributed by atoms with Crippen LogP contribution in [0, 0.1) is 5.92 Å². The zero-order valence-electron chi connectivity index (χ0n) is 24.2. The Labute approximate surface area is 240 Å². The molecule has 0 saturated carbocycles. The number of hydrogen-bond donors (Lipinski definition) is 1. The van der Waals surface area contributed by atoms with Crippen molar-refractivity contribution in [3.63, 3.8) is 0 Å². The molecule has 0 radical (unpaired) electrons. The molecule has 0 spiro atoms. The number of carbonyl (C=O) groups excluding carboxylic acids is 1. The van der Waals surface area contributed by atoms with Crippen LogP contribution in [0.1, 0.15) is 44.6 Å². The lowest BCUT2D eigenvalue weighted by Gasteiger charge is -2.29.